The number of benzene rings is 1. The van der Waals surface area contributed by atoms with E-state index in [0.29, 0.717) is 17.4 Å². The van der Waals surface area contributed by atoms with Crippen molar-refractivity contribution in [1.82, 2.24) is 9.78 Å². The van der Waals surface area contributed by atoms with Crippen molar-refractivity contribution < 1.29 is 9.13 Å². The zero-order chi connectivity index (χ0) is 15.1. The molecular formula is C15H13FIN3O. The van der Waals surface area contributed by atoms with Crippen LogP contribution in [0.5, 0.6) is 5.75 Å². The Morgan fingerprint density at radius 3 is 2.76 bits per heavy atom. The van der Waals surface area contributed by atoms with Gasteiger partial charge in [0.05, 0.1) is 21.0 Å². The first-order chi connectivity index (χ1) is 10.0. The van der Waals surface area contributed by atoms with Crippen LogP contribution >= 0.6 is 22.6 Å². The van der Waals surface area contributed by atoms with Crippen molar-refractivity contribution in [2.75, 3.05) is 0 Å². The smallest absolute Gasteiger partial charge is 0.138 e. The highest BCUT2D eigenvalue weighted by molar-refractivity contribution is 14.1. The predicted molar refractivity (Wildman–Crippen MR) is 84.2 cm³/mol. The number of aryl methyl sites for hydroxylation is 1. The molecular weight excluding hydrogens is 384 g/mol. The normalized spacial score (nSPS) is 20.1. The molecule has 0 saturated heterocycles. The van der Waals surface area contributed by atoms with Gasteiger partial charge in [-0.05, 0) is 47.1 Å². The molecule has 0 amide bonds. The number of halogens is 2. The van der Waals surface area contributed by atoms with Crippen molar-refractivity contribution in [3.05, 3.63) is 33.3 Å². The molecule has 0 aliphatic heterocycles. The maximum atomic E-state index is 14.3. The van der Waals surface area contributed by atoms with E-state index in [1.165, 1.54) is 12.1 Å². The molecule has 1 heterocycles. The van der Waals surface area contributed by atoms with Crippen LogP contribution < -0.4 is 4.74 Å². The van der Waals surface area contributed by atoms with Crippen molar-refractivity contribution in [2.45, 2.75) is 19.4 Å². The Labute approximate surface area is 135 Å². The van der Waals surface area contributed by atoms with Gasteiger partial charge in [-0.3, -0.25) is 4.68 Å². The molecule has 108 valence electrons. The molecule has 0 radical (unpaired) electrons. The lowest BCUT2D eigenvalue weighted by Gasteiger charge is -2.12. The number of hydrogen-bond acceptors (Lipinski definition) is 3. The molecule has 4 nitrogen and oxygen atoms in total. The molecule has 2 atom stereocenters. The predicted octanol–water partition coefficient (Wildman–Crippen LogP) is 3.49. The molecule has 1 aliphatic rings. The maximum Gasteiger partial charge on any atom is 0.138 e. The minimum Gasteiger partial charge on any atom is -0.489 e. The van der Waals surface area contributed by atoms with Gasteiger partial charge in [-0.1, -0.05) is 6.92 Å². The lowest BCUT2D eigenvalue weighted by atomic mass is 10.0. The highest BCUT2D eigenvalue weighted by Gasteiger charge is 2.36. The summed E-state index contributed by atoms with van der Waals surface area (Å²) in [6, 6.07) is 4.97. The second-order valence-electron chi connectivity index (χ2n) is 5.24. The molecule has 1 aromatic heterocycles. The van der Waals surface area contributed by atoms with Crippen molar-refractivity contribution in [2.24, 2.45) is 13.0 Å². The Morgan fingerprint density at radius 1 is 1.52 bits per heavy atom. The lowest BCUT2D eigenvalue weighted by molar-refractivity contribution is 0.287. The molecule has 0 N–H and O–H groups in total. The number of nitrogens with zero attached hydrogens (tertiary/aromatic N) is 3. The third kappa shape index (κ3) is 2.50. The first-order valence-corrected chi connectivity index (χ1v) is 7.68. The van der Waals surface area contributed by atoms with E-state index >= 15 is 0 Å². The van der Waals surface area contributed by atoms with Gasteiger partial charge in [0.15, 0.2) is 0 Å². The molecule has 3 rings (SSSR count). The summed E-state index contributed by atoms with van der Waals surface area (Å²) >= 11 is 2.09. The van der Waals surface area contributed by atoms with Crippen molar-refractivity contribution in [1.29, 1.82) is 5.26 Å². The summed E-state index contributed by atoms with van der Waals surface area (Å²) in [5.74, 6) is 0.492. The van der Waals surface area contributed by atoms with E-state index in [1.807, 2.05) is 0 Å². The third-order valence-corrected chi connectivity index (χ3v) is 4.46. The molecule has 6 heteroatoms. The Morgan fingerprint density at radius 2 is 2.24 bits per heavy atom. The summed E-state index contributed by atoms with van der Waals surface area (Å²) < 4.78 is 22.5. The zero-order valence-electron chi connectivity index (χ0n) is 11.6. The minimum atomic E-state index is -0.440. The van der Waals surface area contributed by atoms with E-state index in [-0.39, 0.29) is 17.2 Å². The largest absolute Gasteiger partial charge is 0.489 e. The fraction of sp³-hybridized carbons (Fsp3) is 0.333. The highest BCUT2D eigenvalue weighted by Crippen LogP contribution is 2.39. The van der Waals surface area contributed by atoms with Gasteiger partial charge >= 0.3 is 0 Å². The first kappa shape index (κ1) is 14.3. The maximum absolute atomic E-state index is 14.3. The van der Waals surface area contributed by atoms with Gasteiger partial charge in [-0.2, -0.15) is 10.4 Å². The van der Waals surface area contributed by atoms with E-state index in [0.717, 1.165) is 9.99 Å². The molecule has 1 fully saturated rings. The molecule has 0 bridgehead atoms. The zero-order valence-corrected chi connectivity index (χ0v) is 13.8. The second kappa shape index (κ2) is 5.30. The van der Waals surface area contributed by atoms with Gasteiger partial charge in [0.25, 0.3) is 0 Å². The Bertz CT molecular complexity index is 731. The van der Waals surface area contributed by atoms with E-state index in [9.17, 15) is 9.65 Å². The Kier molecular flexibility index (Phi) is 3.61. The summed E-state index contributed by atoms with van der Waals surface area (Å²) in [6.07, 6.45) is 2.74. The van der Waals surface area contributed by atoms with Gasteiger partial charge < -0.3 is 4.74 Å². The van der Waals surface area contributed by atoms with Crippen molar-refractivity contribution in [3.8, 4) is 23.1 Å². The topological polar surface area (TPSA) is 50.8 Å². The van der Waals surface area contributed by atoms with Crippen LogP contribution in [0.25, 0.3) is 11.3 Å². The van der Waals surface area contributed by atoms with Crippen molar-refractivity contribution in [3.63, 3.8) is 0 Å². The molecule has 0 spiro atoms. The van der Waals surface area contributed by atoms with Crippen LogP contribution in [0.1, 0.15) is 18.9 Å². The van der Waals surface area contributed by atoms with Gasteiger partial charge in [0.2, 0.25) is 0 Å². The van der Waals surface area contributed by atoms with Gasteiger partial charge in [-0.25, -0.2) is 4.39 Å². The van der Waals surface area contributed by atoms with Crippen molar-refractivity contribution >= 4 is 22.6 Å². The number of aromatic nitrogens is 2. The summed E-state index contributed by atoms with van der Waals surface area (Å²) in [7, 11) is 1.73. The van der Waals surface area contributed by atoms with Crippen LogP contribution in [0.3, 0.4) is 0 Å². The average Bonchev–Trinajstić information content (AvgIpc) is 3.05. The van der Waals surface area contributed by atoms with Gasteiger partial charge in [-0.15, -0.1) is 0 Å². The van der Waals surface area contributed by atoms with Crippen LogP contribution in [-0.2, 0) is 7.05 Å². The average molecular weight is 397 g/mol. The van der Waals surface area contributed by atoms with Gasteiger partial charge in [0, 0.05) is 7.05 Å². The molecule has 1 aliphatic carbocycles. The van der Waals surface area contributed by atoms with Crippen LogP contribution in [0, 0.1) is 26.6 Å². The molecule has 0 unspecified atom stereocenters. The van der Waals surface area contributed by atoms with Gasteiger partial charge in [0.1, 0.15) is 29.3 Å². The van der Waals surface area contributed by atoms with Crippen LogP contribution in [0.4, 0.5) is 4.39 Å². The second-order valence-corrected chi connectivity index (χ2v) is 6.40. The summed E-state index contributed by atoms with van der Waals surface area (Å²) in [5.41, 5.74) is 1.09. The molecule has 1 saturated carbocycles. The van der Waals surface area contributed by atoms with E-state index in [1.54, 1.807) is 17.9 Å². The first-order valence-electron chi connectivity index (χ1n) is 6.60. The number of rotatable bonds is 3. The van der Waals surface area contributed by atoms with E-state index in [4.69, 9.17) is 4.74 Å². The summed E-state index contributed by atoms with van der Waals surface area (Å²) in [6.45, 7) is 2.09. The van der Waals surface area contributed by atoms with E-state index in [2.05, 4.69) is 40.7 Å². The van der Waals surface area contributed by atoms with Crippen LogP contribution in [0.2, 0.25) is 0 Å². The van der Waals surface area contributed by atoms with Crippen LogP contribution in [0.15, 0.2) is 18.3 Å². The Balaban J connectivity index is 2.15. The monoisotopic (exact) mass is 397 g/mol. The van der Waals surface area contributed by atoms with E-state index < -0.39 is 5.82 Å². The number of hydrogen-bond donors (Lipinski definition) is 0. The van der Waals surface area contributed by atoms with Crippen LogP contribution in [-0.4, -0.2) is 15.9 Å². The third-order valence-electron chi connectivity index (χ3n) is 3.67. The molecule has 21 heavy (non-hydrogen) atoms. The highest BCUT2D eigenvalue weighted by atomic mass is 127. The lowest BCUT2D eigenvalue weighted by Crippen LogP contribution is -2.05. The quantitative estimate of drug-likeness (QED) is 0.746. The minimum absolute atomic E-state index is 0.126. The summed E-state index contributed by atoms with van der Waals surface area (Å²) in [5, 5.41) is 13.6. The molecule has 2 aromatic rings. The summed E-state index contributed by atoms with van der Waals surface area (Å²) in [4.78, 5) is 0. The number of nitriles is 1. The SMILES string of the molecule is C[C@@H]1C[C@H]1Oc1ccc(F)c(-c2c(I)cnn2C)c1C#N. The Hall–Kier alpha value is -1.62. The number of ether oxygens (including phenoxy) is 1. The fourth-order valence-corrected chi connectivity index (χ4v) is 3.05. The standard InChI is InChI=1S/C15H13FIN3O/c1-8-5-13(8)21-12-4-3-10(16)14(9(12)6-18)15-11(17)7-19-20(15)2/h3-4,7-8,13H,5H2,1-2H3/t8-,13-/m1/s1. The molecule has 1 aromatic carbocycles. The fourth-order valence-electron chi connectivity index (χ4n) is 2.31.